The summed E-state index contributed by atoms with van der Waals surface area (Å²) in [5, 5.41) is 4.05. The lowest BCUT2D eigenvalue weighted by atomic mass is 10.2. The van der Waals surface area contributed by atoms with Gasteiger partial charge in [-0.3, -0.25) is 14.5 Å². The average Bonchev–Trinajstić information content (AvgIpc) is 2.80. The Labute approximate surface area is 190 Å². The van der Waals surface area contributed by atoms with Gasteiger partial charge in [0, 0.05) is 17.7 Å². The van der Waals surface area contributed by atoms with E-state index in [0.717, 1.165) is 5.39 Å². The molecule has 0 unspecified atom stereocenters. The second-order valence-electron chi connectivity index (χ2n) is 6.86. The summed E-state index contributed by atoms with van der Waals surface area (Å²) in [6.07, 6.45) is 4.66. The molecule has 2 N–H and O–H groups in total. The predicted molar refractivity (Wildman–Crippen MR) is 128 cm³/mol. The second kappa shape index (κ2) is 9.21. The molecular weight excluding hydrogens is 446 g/mol. The van der Waals surface area contributed by atoms with Crippen LogP contribution in [0.25, 0.3) is 17.0 Å². The van der Waals surface area contributed by atoms with Crippen molar-refractivity contribution in [2.75, 3.05) is 10.0 Å². The number of carbonyl (C=O) groups excluding carboxylic acids is 1. The summed E-state index contributed by atoms with van der Waals surface area (Å²) in [6.45, 7) is 0. The Kier molecular flexibility index (Phi) is 6.20. The lowest BCUT2D eigenvalue weighted by molar-refractivity contribution is -0.111. The molecule has 0 radical (unpaired) electrons. The minimum atomic E-state index is -3.79. The summed E-state index contributed by atoms with van der Waals surface area (Å²) >= 11 is 6.03. The molecule has 0 saturated heterocycles. The van der Waals surface area contributed by atoms with Gasteiger partial charge in [0.2, 0.25) is 5.91 Å². The maximum absolute atomic E-state index is 12.6. The van der Waals surface area contributed by atoms with Crippen molar-refractivity contribution >= 4 is 55.9 Å². The number of benzene rings is 3. The number of aromatic nitrogens is 1. The van der Waals surface area contributed by atoms with E-state index in [4.69, 9.17) is 11.6 Å². The number of rotatable bonds is 6. The van der Waals surface area contributed by atoms with Crippen LogP contribution in [0.4, 0.5) is 11.4 Å². The van der Waals surface area contributed by atoms with Crippen LogP contribution in [-0.4, -0.2) is 19.3 Å². The van der Waals surface area contributed by atoms with Crippen molar-refractivity contribution in [3.63, 3.8) is 0 Å². The topological polar surface area (TPSA) is 88.2 Å². The molecule has 1 aromatic heterocycles. The smallest absolute Gasteiger partial charge is 0.261 e. The second-order valence-corrected chi connectivity index (χ2v) is 8.95. The first kappa shape index (κ1) is 21.5. The SMILES string of the molecule is O=C(/C=C/c1ccc(S(=O)(=O)Nc2ccccc2Cl)cc1)Nc1cccc2cccnc12. The van der Waals surface area contributed by atoms with Gasteiger partial charge in [-0.2, -0.15) is 0 Å². The zero-order valence-electron chi connectivity index (χ0n) is 16.7. The third-order valence-corrected chi connectivity index (χ3v) is 6.34. The number of hydrogen-bond acceptors (Lipinski definition) is 4. The van der Waals surface area contributed by atoms with E-state index in [1.165, 1.54) is 18.2 Å². The zero-order chi connectivity index (χ0) is 22.6. The number of nitrogens with zero attached hydrogens (tertiary/aromatic N) is 1. The van der Waals surface area contributed by atoms with Crippen LogP contribution in [-0.2, 0) is 14.8 Å². The number of amides is 1. The fourth-order valence-electron chi connectivity index (χ4n) is 3.06. The summed E-state index contributed by atoms with van der Waals surface area (Å²) in [5.74, 6) is -0.319. The molecule has 160 valence electrons. The molecule has 0 aliphatic carbocycles. The van der Waals surface area contributed by atoms with E-state index in [0.29, 0.717) is 27.5 Å². The highest BCUT2D eigenvalue weighted by atomic mass is 35.5. The van der Waals surface area contributed by atoms with E-state index < -0.39 is 10.0 Å². The van der Waals surface area contributed by atoms with Crippen LogP contribution >= 0.6 is 11.6 Å². The van der Waals surface area contributed by atoms with Gasteiger partial charge in [0.25, 0.3) is 10.0 Å². The minimum Gasteiger partial charge on any atom is -0.321 e. The molecule has 0 fully saturated rings. The van der Waals surface area contributed by atoms with Crippen LogP contribution in [0.2, 0.25) is 5.02 Å². The Morgan fingerprint density at radius 3 is 2.38 bits per heavy atom. The summed E-state index contributed by atoms with van der Waals surface area (Å²) < 4.78 is 27.6. The van der Waals surface area contributed by atoms with Crippen molar-refractivity contribution in [2.45, 2.75) is 4.90 Å². The van der Waals surface area contributed by atoms with Gasteiger partial charge in [-0.15, -0.1) is 0 Å². The van der Waals surface area contributed by atoms with E-state index in [1.807, 2.05) is 24.3 Å². The first-order chi connectivity index (χ1) is 15.4. The van der Waals surface area contributed by atoms with E-state index in [-0.39, 0.29) is 10.8 Å². The molecule has 1 heterocycles. The van der Waals surface area contributed by atoms with Crippen molar-refractivity contribution in [3.8, 4) is 0 Å². The molecule has 4 aromatic rings. The third kappa shape index (κ3) is 4.96. The summed E-state index contributed by atoms with van der Waals surface area (Å²) in [4.78, 5) is 16.7. The molecule has 1 amide bonds. The summed E-state index contributed by atoms with van der Waals surface area (Å²) in [7, 11) is -3.79. The number of anilines is 2. The van der Waals surface area contributed by atoms with Crippen LogP contribution in [0.3, 0.4) is 0 Å². The van der Waals surface area contributed by atoms with Crippen molar-refractivity contribution in [2.24, 2.45) is 0 Å². The molecule has 0 bridgehead atoms. The van der Waals surface area contributed by atoms with Crippen LogP contribution in [0.1, 0.15) is 5.56 Å². The number of hydrogen-bond donors (Lipinski definition) is 2. The quantitative estimate of drug-likeness (QED) is 0.378. The maximum Gasteiger partial charge on any atom is 0.261 e. The number of halogens is 1. The van der Waals surface area contributed by atoms with Gasteiger partial charge < -0.3 is 5.32 Å². The summed E-state index contributed by atoms with van der Waals surface area (Å²) in [5.41, 5.74) is 2.30. The monoisotopic (exact) mass is 463 g/mol. The maximum atomic E-state index is 12.6. The third-order valence-electron chi connectivity index (χ3n) is 4.63. The molecule has 0 aliphatic rings. The van der Waals surface area contributed by atoms with Gasteiger partial charge in [0.15, 0.2) is 0 Å². The van der Waals surface area contributed by atoms with Gasteiger partial charge in [-0.1, -0.05) is 54.1 Å². The molecule has 6 nitrogen and oxygen atoms in total. The highest BCUT2D eigenvalue weighted by Crippen LogP contribution is 2.24. The van der Waals surface area contributed by atoms with E-state index in [1.54, 1.807) is 54.7 Å². The Morgan fingerprint density at radius 1 is 0.875 bits per heavy atom. The number of nitrogens with one attached hydrogen (secondary N) is 2. The Morgan fingerprint density at radius 2 is 1.59 bits per heavy atom. The van der Waals surface area contributed by atoms with Gasteiger partial charge in [-0.25, -0.2) is 8.42 Å². The predicted octanol–water partition coefficient (Wildman–Crippen LogP) is 5.34. The normalized spacial score (nSPS) is 11.5. The molecule has 0 spiro atoms. The standard InChI is InChI=1S/C24H18ClN3O3S/c25-20-7-1-2-8-21(20)28-32(30,31)19-13-10-17(11-14-19)12-15-23(29)27-22-9-3-5-18-6-4-16-26-24(18)22/h1-16,28H,(H,27,29)/b15-12+. The van der Waals surface area contributed by atoms with Crippen LogP contribution in [0.15, 0.2) is 96.0 Å². The van der Waals surface area contributed by atoms with E-state index in [9.17, 15) is 13.2 Å². The molecule has 4 rings (SSSR count). The van der Waals surface area contributed by atoms with Crippen molar-refractivity contribution in [1.29, 1.82) is 0 Å². The molecule has 8 heteroatoms. The molecule has 0 aliphatic heterocycles. The van der Waals surface area contributed by atoms with E-state index in [2.05, 4.69) is 15.0 Å². The molecule has 32 heavy (non-hydrogen) atoms. The number of para-hydroxylation sites is 2. The number of carbonyl (C=O) groups is 1. The first-order valence-corrected chi connectivity index (χ1v) is 11.5. The zero-order valence-corrected chi connectivity index (χ0v) is 18.3. The molecule has 0 atom stereocenters. The largest absolute Gasteiger partial charge is 0.321 e. The molecular formula is C24H18ClN3O3S. The van der Waals surface area contributed by atoms with Crippen LogP contribution < -0.4 is 10.0 Å². The Balaban J connectivity index is 1.45. The van der Waals surface area contributed by atoms with Crippen molar-refractivity contribution < 1.29 is 13.2 Å². The minimum absolute atomic E-state index is 0.0841. The van der Waals surface area contributed by atoms with Crippen LogP contribution in [0, 0.1) is 0 Å². The van der Waals surface area contributed by atoms with Crippen molar-refractivity contribution in [1.82, 2.24) is 4.98 Å². The summed E-state index contributed by atoms with van der Waals surface area (Å²) in [6, 6.07) is 22.1. The van der Waals surface area contributed by atoms with Gasteiger partial charge in [0.1, 0.15) is 0 Å². The van der Waals surface area contributed by atoms with Gasteiger partial charge >= 0.3 is 0 Å². The number of fused-ring (bicyclic) bond motifs is 1. The number of sulfonamides is 1. The number of pyridine rings is 1. The molecule has 0 saturated carbocycles. The lowest BCUT2D eigenvalue weighted by Gasteiger charge is -2.09. The first-order valence-electron chi connectivity index (χ1n) is 9.63. The van der Waals surface area contributed by atoms with Crippen molar-refractivity contribution in [3.05, 3.63) is 102 Å². The average molecular weight is 464 g/mol. The molecule has 3 aromatic carbocycles. The van der Waals surface area contributed by atoms with Gasteiger partial charge in [-0.05, 0) is 48.0 Å². The Hall–Kier alpha value is -3.68. The Bertz CT molecular complexity index is 1410. The highest BCUT2D eigenvalue weighted by Gasteiger charge is 2.15. The fraction of sp³-hybridized carbons (Fsp3) is 0. The lowest BCUT2D eigenvalue weighted by Crippen LogP contribution is -2.13. The fourth-order valence-corrected chi connectivity index (χ4v) is 4.38. The van der Waals surface area contributed by atoms with E-state index >= 15 is 0 Å². The van der Waals surface area contributed by atoms with Crippen LogP contribution in [0.5, 0.6) is 0 Å². The van der Waals surface area contributed by atoms with Gasteiger partial charge in [0.05, 0.1) is 26.8 Å². The highest BCUT2D eigenvalue weighted by molar-refractivity contribution is 7.92.